The average molecular weight is 1130 g/mol. The zero-order valence-corrected chi connectivity index (χ0v) is 50.6. The lowest BCUT2D eigenvalue weighted by Gasteiger charge is -2.46. The van der Waals surface area contributed by atoms with Crippen molar-refractivity contribution in [2.75, 3.05) is 19.8 Å². The van der Waals surface area contributed by atoms with E-state index in [4.69, 9.17) is 18.9 Å². The first-order valence-corrected chi connectivity index (χ1v) is 33.4. The van der Waals surface area contributed by atoms with Gasteiger partial charge in [0.1, 0.15) is 48.8 Å². The summed E-state index contributed by atoms with van der Waals surface area (Å²) >= 11 is 0. The van der Waals surface area contributed by atoms with Gasteiger partial charge in [-0.25, -0.2) is 0 Å². The lowest BCUT2D eigenvalue weighted by atomic mass is 9.97. The molecule has 0 spiro atoms. The normalized spacial score (nSPS) is 24.4. The van der Waals surface area contributed by atoms with Crippen LogP contribution in [-0.2, 0) is 23.7 Å². The summed E-state index contributed by atoms with van der Waals surface area (Å²) in [5.74, 6) is -0.234. The molecule has 9 N–H and O–H groups in total. The summed E-state index contributed by atoms with van der Waals surface area (Å²) in [4.78, 5) is 13.3. The Morgan fingerprint density at radius 2 is 0.785 bits per heavy atom. The summed E-state index contributed by atoms with van der Waals surface area (Å²) in [6.07, 6.45) is 44.5. The van der Waals surface area contributed by atoms with Crippen LogP contribution in [0.1, 0.15) is 303 Å². The Morgan fingerprint density at radius 1 is 0.443 bits per heavy atom. The summed E-state index contributed by atoms with van der Waals surface area (Å²) in [5, 5.41) is 87.0. The maximum absolute atomic E-state index is 13.3. The zero-order chi connectivity index (χ0) is 57.4. The largest absolute Gasteiger partial charge is 0.394 e. The molecule has 0 aromatic carbocycles. The molecule has 0 saturated carbocycles. The van der Waals surface area contributed by atoms with E-state index >= 15 is 0 Å². The van der Waals surface area contributed by atoms with Crippen molar-refractivity contribution in [2.24, 2.45) is 0 Å². The summed E-state index contributed by atoms with van der Waals surface area (Å²) < 4.78 is 22.8. The van der Waals surface area contributed by atoms with E-state index in [0.29, 0.717) is 6.42 Å². The number of rotatable bonds is 55. The molecule has 1 amide bonds. The third-order valence-corrected chi connectivity index (χ3v) is 16.7. The van der Waals surface area contributed by atoms with Crippen LogP contribution >= 0.6 is 0 Å². The van der Waals surface area contributed by atoms with Gasteiger partial charge < -0.3 is 65.1 Å². The van der Waals surface area contributed by atoms with Gasteiger partial charge in [-0.15, -0.1) is 0 Å². The van der Waals surface area contributed by atoms with Gasteiger partial charge in [0.05, 0.1) is 32.0 Å². The van der Waals surface area contributed by atoms with E-state index in [1.807, 2.05) is 6.08 Å². The molecule has 2 heterocycles. The molecule has 2 saturated heterocycles. The van der Waals surface area contributed by atoms with Crippen LogP contribution in [0.2, 0.25) is 0 Å². The van der Waals surface area contributed by atoms with Gasteiger partial charge in [0.15, 0.2) is 12.6 Å². The minimum Gasteiger partial charge on any atom is -0.394 e. The molecule has 2 rings (SSSR count). The van der Waals surface area contributed by atoms with E-state index in [-0.39, 0.29) is 18.9 Å². The monoisotopic (exact) mass is 1130 g/mol. The third-order valence-electron chi connectivity index (χ3n) is 16.7. The van der Waals surface area contributed by atoms with Crippen molar-refractivity contribution in [3.63, 3.8) is 0 Å². The minimum absolute atomic E-state index is 0.234. The van der Waals surface area contributed by atoms with Crippen molar-refractivity contribution in [1.82, 2.24) is 5.32 Å². The van der Waals surface area contributed by atoms with Gasteiger partial charge in [-0.05, 0) is 19.3 Å². The number of aliphatic hydroxyl groups excluding tert-OH is 8. The summed E-state index contributed by atoms with van der Waals surface area (Å²) in [5.41, 5.74) is 0. The number of hydrogen-bond acceptors (Lipinski definition) is 13. The number of amides is 1. The van der Waals surface area contributed by atoms with Gasteiger partial charge in [-0.2, -0.15) is 0 Å². The molecule has 2 aliphatic rings. The summed E-state index contributed by atoms with van der Waals surface area (Å²) in [6.45, 7) is 2.81. The Hall–Kier alpha value is -1.27. The molecule has 2 fully saturated rings. The zero-order valence-electron chi connectivity index (χ0n) is 50.6. The van der Waals surface area contributed by atoms with Crippen molar-refractivity contribution >= 4 is 5.91 Å². The fourth-order valence-electron chi connectivity index (χ4n) is 11.4. The van der Waals surface area contributed by atoms with Gasteiger partial charge in [0.25, 0.3) is 0 Å². The molecule has 12 unspecified atom stereocenters. The number of ether oxygens (including phenoxy) is 4. The maximum atomic E-state index is 13.3. The molecule has 0 bridgehead atoms. The summed E-state index contributed by atoms with van der Waals surface area (Å²) in [6, 6.07) is -0.909. The van der Waals surface area contributed by atoms with E-state index in [1.54, 1.807) is 6.08 Å². The average Bonchev–Trinajstić information content (AvgIpc) is 3.55. The Bertz CT molecular complexity index is 1380. The minimum atomic E-state index is -1.79. The Kier molecular flexibility index (Phi) is 47.8. The molecule has 79 heavy (non-hydrogen) atoms. The third kappa shape index (κ3) is 36.2. The van der Waals surface area contributed by atoms with Gasteiger partial charge in [-0.1, -0.05) is 289 Å². The van der Waals surface area contributed by atoms with E-state index in [2.05, 4.69) is 19.2 Å². The van der Waals surface area contributed by atoms with E-state index in [9.17, 15) is 45.6 Å². The number of nitrogens with one attached hydrogen (secondary N) is 1. The highest BCUT2D eigenvalue weighted by Gasteiger charge is 2.51. The summed E-state index contributed by atoms with van der Waals surface area (Å²) in [7, 11) is 0. The van der Waals surface area contributed by atoms with Crippen LogP contribution in [-0.4, -0.2) is 140 Å². The van der Waals surface area contributed by atoms with Gasteiger partial charge in [0.2, 0.25) is 5.91 Å². The molecule has 14 heteroatoms. The number of carbonyl (C=O) groups excluding carboxylic acids is 1. The van der Waals surface area contributed by atoms with Crippen LogP contribution < -0.4 is 5.32 Å². The molecule has 14 nitrogen and oxygen atoms in total. The highest BCUT2D eigenvalue weighted by Crippen LogP contribution is 2.30. The molecule has 0 aromatic rings. The first kappa shape index (κ1) is 73.8. The van der Waals surface area contributed by atoms with E-state index < -0.39 is 86.8 Å². The molecule has 0 radical (unpaired) electrons. The molecule has 0 aliphatic carbocycles. The van der Waals surface area contributed by atoms with Crippen molar-refractivity contribution in [1.29, 1.82) is 0 Å². The van der Waals surface area contributed by atoms with Crippen LogP contribution in [0.25, 0.3) is 0 Å². The second-order valence-corrected chi connectivity index (χ2v) is 24.0. The number of allylic oxidation sites excluding steroid dienone is 1. The lowest BCUT2D eigenvalue weighted by Crippen LogP contribution is -2.65. The first-order valence-electron chi connectivity index (χ1n) is 33.4. The SMILES string of the molecule is CCCCCCCCCCC/C=C/C(O)C(COC1OC(CO)C(OC2OC(CO)C(O)C(O)C2O)C(O)C1O)NC(=O)CCCCCCCCCCCCCCCCCCCCCCCCCCCCCCCCCCCC. The van der Waals surface area contributed by atoms with Crippen LogP contribution in [0.15, 0.2) is 12.2 Å². The fourth-order valence-corrected chi connectivity index (χ4v) is 11.4. The second-order valence-electron chi connectivity index (χ2n) is 24.0. The Labute approximate surface area is 482 Å². The lowest BCUT2D eigenvalue weighted by molar-refractivity contribution is -0.359. The number of hydrogen-bond donors (Lipinski definition) is 9. The Balaban J connectivity index is 1.57. The van der Waals surface area contributed by atoms with Crippen LogP contribution in [0.4, 0.5) is 0 Å². The smallest absolute Gasteiger partial charge is 0.220 e. The first-order chi connectivity index (χ1) is 38.6. The number of unbranched alkanes of at least 4 members (excludes halogenated alkanes) is 42. The maximum Gasteiger partial charge on any atom is 0.220 e. The van der Waals surface area contributed by atoms with Gasteiger partial charge >= 0.3 is 0 Å². The van der Waals surface area contributed by atoms with Crippen molar-refractivity contribution in [3.8, 4) is 0 Å². The molecule has 12 atom stereocenters. The highest BCUT2D eigenvalue weighted by molar-refractivity contribution is 5.76. The van der Waals surface area contributed by atoms with Crippen molar-refractivity contribution in [2.45, 2.75) is 376 Å². The topological polar surface area (TPSA) is 228 Å². The predicted octanol–water partition coefficient (Wildman–Crippen LogP) is 12.6. The number of carbonyl (C=O) groups is 1. The van der Waals surface area contributed by atoms with Crippen molar-refractivity contribution < 1.29 is 64.6 Å². The van der Waals surface area contributed by atoms with Gasteiger partial charge in [0, 0.05) is 6.42 Å². The van der Waals surface area contributed by atoms with E-state index in [0.717, 1.165) is 38.5 Å². The fraction of sp³-hybridized carbons (Fsp3) is 0.954. The quantitative estimate of drug-likeness (QED) is 0.0204. The van der Waals surface area contributed by atoms with Crippen LogP contribution in [0.5, 0.6) is 0 Å². The molecular formula is C65H125NO13. The predicted molar refractivity (Wildman–Crippen MR) is 319 cm³/mol. The van der Waals surface area contributed by atoms with Crippen LogP contribution in [0, 0.1) is 0 Å². The molecule has 468 valence electrons. The standard InChI is InChI=1S/C65H125NO13/c1-3-5-7-9-11-13-15-16-17-18-19-20-21-22-23-24-25-26-27-28-29-30-31-32-33-34-35-36-37-39-41-43-45-47-49-57(70)66-53(54(69)48-46-44-42-40-38-14-12-10-8-6-4-2)52-76-64-62(75)60(73)63(56(51-68)78-64)79-65-61(74)59(72)58(71)55(50-67)77-65/h46,48,53-56,58-65,67-69,71-75H,3-45,47,49-52H2,1-2H3,(H,66,70)/b48-46+. The Morgan fingerprint density at radius 3 is 1.16 bits per heavy atom. The van der Waals surface area contributed by atoms with Gasteiger partial charge in [-0.3, -0.25) is 4.79 Å². The van der Waals surface area contributed by atoms with Crippen LogP contribution in [0.3, 0.4) is 0 Å². The highest BCUT2D eigenvalue weighted by atomic mass is 16.7. The van der Waals surface area contributed by atoms with Crippen molar-refractivity contribution in [3.05, 3.63) is 12.2 Å². The number of aliphatic hydroxyl groups is 8. The molecular weight excluding hydrogens is 1000 g/mol. The molecule has 0 aromatic heterocycles. The second kappa shape index (κ2) is 51.2. The molecule has 2 aliphatic heterocycles. The van der Waals surface area contributed by atoms with E-state index in [1.165, 1.54) is 238 Å².